The summed E-state index contributed by atoms with van der Waals surface area (Å²) in [5, 5.41) is 8.44. The summed E-state index contributed by atoms with van der Waals surface area (Å²) in [5.41, 5.74) is 0. The van der Waals surface area contributed by atoms with Crippen molar-refractivity contribution >= 4 is 6.09 Å². The zero-order valence-corrected chi connectivity index (χ0v) is 8.19. The molecule has 1 fully saturated rings. The molecule has 0 heterocycles. The summed E-state index contributed by atoms with van der Waals surface area (Å²) in [6.45, 7) is 2.92. The average molecular weight is 187 g/mol. The molecule has 0 saturated heterocycles. The molecule has 0 spiro atoms. The number of aliphatic hydroxyl groups is 1. The van der Waals surface area contributed by atoms with Crippen molar-refractivity contribution < 1.29 is 14.6 Å². The highest BCUT2D eigenvalue weighted by molar-refractivity contribution is 5.67. The number of carbonyl (C=O) groups is 1. The standard InChI is InChI=1S/C9H17NO3/c1-7-5-8(7)6-10(2)9(12)13-4-3-11/h7-8,11H,3-6H2,1-2H3. The van der Waals surface area contributed by atoms with Crippen LogP contribution in [0.4, 0.5) is 4.79 Å². The first-order chi connectivity index (χ1) is 6.15. The predicted molar refractivity (Wildman–Crippen MR) is 48.3 cm³/mol. The zero-order valence-electron chi connectivity index (χ0n) is 8.19. The lowest BCUT2D eigenvalue weighted by Gasteiger charge is -2.16. The molecule has 1 N–H and O–H groups in total. The summed E-state index contributed by atoms with van der Waals surface area (Å²) in [6, 6.07) is 0. The first-order valence-corrected chi connectivity index (χ1v) is 4.64. The molecular formula is C9H17NO3. The summed E-state index contributed by atoms with van der Waals surface area (Å²) in [6.07, 6.45) is 0.866. The molecule has 2 atom stereocenters. The molecule has 0 aliphatic heterocycles. The Hall–Kier alpha value is -0.770. The van der Waals surface area contributed by atoms with Crippen molar-refractivity contribution in [2.45, 2.75) is 13.3 Å². The number of nitrogens with zero attached hydrogens (tertiary/aromatic N) is 1. The van der Waals surface area contributed by atoms with Crippen LogP contribution in [0.3, 0.4) is 0 Å². The van der Waals surface area contributed by atoms with E-state index < -0.39 is 0 Å². The lowest BCUT2D eigenvalue weighted by atomic mass is 10.3. The van der Waals surface area contributed by atoms with Gasteiger partial charge in [0.1, 0.15) is 6.61 Å². The van der Waals surface area contributed by atoms with E-state index in [9.17, 15) is 4.79 Å². The van der Waals surface area contributed by atoms with Gasteiger partial charge in [0.25, 0.3) is 0 Å². The Morgan fingerprint density at radius 2 is 2.31 bits per heavy atom. The molecule has 1 saturated carbocycles. The minimum absolute atomic E-state index is 0.0867. The molecule has 0 aromatic heterocycles. The van der Waals surface area contributed by atoms with Gasteiger partial charge in [-0.3, -0.25) is 0 Å². The zero-order chi connectivity index (χ0) is 9.84. The van der Waals surface area contributed by atoms with E-state index in [1.54, 1.807) is 11.9 Å². The summed E-state index contributed by atoms with van der Waals surface area (Å²) >= 11 is 0. The van der Waals surface area contributed by atoms with Crippen LogP contribution in [0.1, 0.15) is 13.3 Å². The van der Waals surface area contributed by atoms with Gasteiger partial charge in [-0.25, -0.2) is 4.79 Å². The van der Waals surface area contributed by atoms with E-state index in [0.717, 1.165) is 12.5 Å². The van der Waals surface area contributed by atoms with Crippen LogP contribution >= 0.6 is 0 Å². The number of hydrogen-bond acceptors (Lipinski definition) is 3. The lowest BCUT2D eigenvalue weighted by molar-refractivity contribution is 0.0896. The molecule has 1 amide bonds. The molecule has 1 rings (SSSR count). The molecule has 2 unspecified atom stereocenters. The number of hydrogen-bond donors (Lipinski definition) is 1. The van der Waals surface area contributed by atoms with Gasteiger partial charge in [0, 0.05) is 13.6 Å². The van der Waals surface area contributed by atoms with Crippen molar-refractivity contribution in [1.29, 1.82) is 0 Å². The molecule has 13 heavy (non-hydrogen) atoms. The average Bonchev–Trinajstić information content (AvgIpc) is 2.77. The predicted octanol–water partition coefficient (Wildman–Crippen LogP) is 0.703. The first kappa shape index (κ1) is 10.3. The Labute approximate surface area is 78.5 Å². The third kappa shape index (κ3) is 3.22. The van der Waals surface area contributed by atoms with Crippen LogP contribution in [-0.4, -0.2) is 42.9 Å². The van der Waals surface area contributed by atoms with Gasteiger partial charge in [-0.15, -0.1) is 0 Å². The normalized spacial score (nSPS) is 25.5. The van der Waals surface area contributed by atoms with Gasteiger partial charge in [0.15, 0.2) is 0 Å². The van der Waals surface area contributed by atoms with Gasteiger partial charge in [-0.1, -0.05) is 6.92 Å². The summed E-state index contributed by atoms with van der Waals surface area (Å²) in [4.78, 5) is 12.7. The maximum atomic E-state index is 11.2. The van der Waals surface area contributed by atoms with Crippen molar-refractivity contribution in [2.24, 2.45) is 11.8 Å². The van der Waals surface area contributed by atoms with Gasteiger partial charge in [0.2, 0.25) is 0 Å². The van der Waals surface area contributed by atoms with Gasteiger partial charge in [-0.2, -0.15) is 0 Å². The molecular weight excluding hydrogens is 170 g/mol. The lowest BCUT2D eigenvalue weighted by Crippen LogP contribution is -2.30. The van der Waals surface area contributed by atoms with Crippen LogP contribution in [0.15, 0.2) is 0 Å². The van der Waals surface area contributed by atoms with Crippen LogP contribution in [-0.2, 0) is 4.74 Å². The molecule has 0 radical (unpaired) electrons. The topological polar surface area (TPSA) is 49.8 Å². The quantitative estimate of drug-likeness (QED) is 0.705. The molecule has 4 nitrogen and oxygen atoms in total. The number of carbonyl (C=O) groups excluding carboxylic acids is 1. The fraction of sp³-hybridized carbons (Fsp3) is 0.889. The van der Waals surface area contributed by atoms with Gasteiger partial charge in [-0.05, 0) is 18.3 Å². The van der Waals surface area contributed by atoms with Crippen LogP contribution in [0.2, 0.25) is 0 Å². The third-order valence-electron chi connectivity index (χ3n) is 2.41. The van der Waals surface area contributed by atoms with E-state index in [0.29, 0.717) is 5.92 Å². The van der Waals surface area contributed by atoms with Crippen molar-refractivity contribution in [3.8, 4) is 0 Å². The van der Waals surface area contributed by atoms with Gasteiger partial charge >= 0.3 is 6.09 Å². The summed E-state index contributed by atoms with van der Waals surface area (Å²) in [5.74, 6) is 1.39. The minimum atomic E-state index is -0.340. The smallest absolute Gasteiger partial charge is 0.409 e. The Bertz CT molecular complexity index is 184. The third-order valence-corrected chi connectivity index (χ3v) is 2.41. The molecule has 0 bridgehead atoms. The summed E-state index contributed by atoms with van der Waals surface area (Å²) < 4.78 is 4.75. The van der Waals surface area contributed by atoms with E-state index >= 15 is 0 Å². The van der Waals surface area contributed by atoms with Crippen LogP contribution in [0, 0.1) is 11.8 Å². The molecule has 1 aliphatic rings. The van der Waals surface area contributed by atoms with Crippen molar-refractivity contribution in [2.75, 3.05) is 26.8 Å². The second kappa shape index (κ2) is 4.46. The maximum Gasteiger partial charge on any atom is 0.409 e. The van der Waals surface area contributed by atoms with Gasteiger partial charge in [0.05, 0.1) is 6.61 Å². The number of amides is 1. The van der Waals surface area contributed by atoms with E-state index in [2.05, 4.69) is 6.92 Å². The van der Waals surface area contributed by atoms with Gasteiger partial charge < -0.3 is 14.7 Å². The Balaban J connectivity index is 2.14. The molecule has 0 aromatic carbocycles. The largest absolute Gasteiger partial charge is 0.447 e. The molecule has 1 aliphatic carbocycles. The second-order valence-electron chi connectivity index (χ2n) is 3.69. The highest BCUT2D eigenvalue weighted by Gasteiger charge is 2.34. The first-order valence-electron chi connectivity index (χ1n) is 4.64. The number of rotatable bonds is 4. The van der Waals surface area contributed by atoms with Crippen molar-refractivity contribution in [3.63, 3.8) is 0 Å². The maximum absolute atomic E-state index is 11.2. The Morgan fingerprint density at radius 1 is 1.69 bits per heavy atom. The highest BCUT2D eigenvalue weighted by Crippen LogP contribution is 2.37. The number of ether oxygens (including phenoxy) is 1. The fourth-order valence-corrected chi connectivity index (χ4v) is 1.32. The molecule has 76 valence electrons. The van der Waals surface area contributed by atoms with Crippen LogP contribution in [0.25, 0.3) is 0 Å². The second-order valence-corrected chi connectivity index (χ2v) is 3.69. The summed E-state index contributed by atoms with van der Waals surface area (Å²) in [7, 11) is 1.73. The molecule has 4 heteroatoms. The van der Waals surface area contributed by atoms with E-state index in [-0.39, 0.29) is 19.3 Å². The van der Waals surface area contributed by atoms with Crippen molar-refractivity contribution in [3.05, 3.63) is 0 Å². The number of aliphatic hydroxyl groups excluding tert-OH is 1. The Morgan fingerprint density at radius 3 is 2.77 bits per heavy atom. The van der Waals surface area contributed by atoms with E-state index in [4.69, 9.17) is 9.84 Å². The van der Waals surface area contributed by atoms with Crippen molar-refractivity contribution in [1.82, 2.24) is 4.90 Å². The monoisotopic (exact) mass is 187 g/mol. The molecule has 0 aromatic rings. The minimum Gasteiger partial charge on any atom is -0.447 e. The fourth-order valence-electron chi connectivity index (χ4n) is 1.32. The highest BCUT2D eigenvalue weighted by atomic mass is 16.6. The Kier molecular flexibility index (Phi) is 3.54. The van der Waals surface area contributed by atoms with Crippen LogP contribution < -0.4 is 0 Å². The van der Waals surface area contributed by atoms with E-state index in [1.165, 1.54) is 6.42 Å². The SMILES string of the molecule is CC1CC1CN(C)C(=O)OCCO. The van der Waals surface area contributed by atoms with E-state index in [1.807, 2.05) is 0 Å². The van der Waals surface area contributed by atoms with Crippen LogP contribution in [0.5, 0.6) is 0 Å².